The van der Waals surface area contributed by atoms with Gasteiger partial charge in [-0.15, -0.1) is 11.3 Å². The van der Waals surface area contributed by atoms with Crippen LogP contribution in [-0.2, 0) is 4.79 Å². The lowest BCUT2D eigenvalue weighted by Gasteiger charge is -2.23. The first-order chi connectivity index (χ1) is 14.0. The number of allylic oxidation sites excluding steroid dienone is 1. The van der Waals surface area contributed by atoms with Crippen LogP contribution in [0.5, 0.6) is 0 Å². The smallest absolute Gasteiger partial charge is 0.261 e. The molecule has 1 unspecified atom stereocenters. The Labute approximate surface area is 175 Å². The Morgan fingerprint density at radius 2 is 1.97 bits per heavy atom. The van der Waals surface area contributed by atoms with Gasteiger partial charge in [-0.3, -0.25) is 14.5 Å². The van der Waals surface area contributed by atoms with Crippen molar-refractivity contribution >= 4 is 50.5 Å². The number of imide groups is 1. The molecule has 2 heterocycles. The van der Waals surface area contributed by atoms with Gasteiger partial charge in [-0.2, -0.15) is 5.26 Å². The summed E-state index contributed by atoms with van der Waals surface area (Å²) in [6.07, 6.45) is 0.340. The van der Waals surface area contributed by atoms with E-state index in [1.165, 1.54) is 23.5 Å². The third-order valence-corrected chi connectivity index (χ3v) is 6.02. The number of aliphatic hydroxyl groups is 1. The van der Waals surface area contributed by atoms with Crippen molar-refractivity contribution in [1.29, 1.82) is 5.26 Å². The van der Waals surface area contributed by atoms with Crippen molar-refractivity contribution in [1.82, 2.24) is 9.88 Å². The van der Waals surface area contributed by atoms with E-state index < -0.39 is 17.9 Å². The van der Waals surface area contributed by atoms with Gasteiger partial charge in [0.1, 0.15) is 22.4 Å². The zero-order valence-corrected chi connectivity index (χ0v) is 16.6. The molecule has 4 rings (SSSR count). The Morgan fingerprint density at radius 1 is 1.24 bits per heavy atom. The highest BCUT2D eigenvalue weighted by molar-refractivity contribution is 7.19. The summed E-state index contributed by atoms with van der Waals surface area (Å²) >= 11 is 7.14. The number of rotatable bonds is 3. The summed E-state index contributed by atoms with van der Waals surface area (Å²) in [7, 11) is 0. The van der Waals surface area contributed by atoms with Crippen LogP contribution in [0.3, 0.4) is 0 Å². The molecule has 1 aromatic heterocycles. The van der Waals surface area contributed by atoms with Crippen molar-refractivity contribution in [3.63, 3.8) is 0 Å². The number of fused-ring (bicyclic) bond motifs is 1. The fourth-order valence-electron chi connectivity index (χ4n) is 3.29. The second-order valence-electron chi connectivity index (χ2n) is 6.49. The zero-order valence-electron chi connectivity index (χ0n) is 15.0. The number of para-hydroxylation sites is 1. The van der Waals surface area contributed by atoms with Crippen LogP contribution in [0.2, 0.25) is 5.02 Å². The van der Waals surface area contributed by atoms with E-state index in [2.05, 4.69) is 4.98 Å². The van der Waals surface area contributed by atoms with Crippen molar-refractivity contribution in [2.75, 3.05) is 0 Å². The SMILES string of the molecule is N#C/C(=C(/O)C1CCC(=O)N1C(=O)c1ccc(Cl)cc1)c1nc2ccccc2s1. The zero-order chi connectivity index (χ0) is 20.5. The first-order valence-electron chi connectivity index (χ1n) is 8.80. The summed E-state index contributed by atoms with van der Waals surface area (Å²) in [4.78, 5) is 30.7. The number of carbonyl (C=O) groups is 2. The Hall–Kier alpha value is -3.21. The molecule has 8 heteroatoms. The van der Waals surface area contributed by atoms with Gasteiger partial charge in [0.2, 0.25) is 5.91 Å². The number of aromatic nitrogens is 1. The number of aliphatic hydroxyl groups excluding tert-OH is 1. The quantitative estimate of drug-likeness (QED) is 0.378. The van der Waals surface area contributed by atoms with Gasteiger partial charge in [0.05, 0.1) is 16.3 Å². The molecule has 144 valence electrons. The van der Waals surface area contributed by atoms with E-state index in [0.717, 1.165) is 9.60 Å². The fourth-order valence-corrected chi connectivity index (χ4v) is 4.38. The number of halogens is 1. The molecule has 1 N–H and O–H groups in total. The number of nitriles is 1. The number of benzene rings is 2. The van der Waals surface area contributed by atoms with Crippen molar-refractivity contribution in [2.45, 2.75) is 18.9 Å². The second-order valence-corrected chi connectivity index (χ2v) is 7.96. The number of thiazole rings is 1. The van der Waals surface area contributed by atoms with E-state index in [1.807, 2.05) is 30.3 Å². The highest BCUT2D eigenvalue weighted by atomic mass is 35.5. The van der Waals surface area contributed by atoms with Crippen LogP contribution in [0.15, 0.2) is 54.3 Å². The molecule has 2 amide bonds. The number of hydrogen-bond donors (Lipinski definition) is 1. The summed E-state index contributed by atoms with van der Waals surface area (Å²) in [5, 5.41) is 21.4. The number of amides is 2. The number of likely N-dealkylation sites (tertiary alicyclic amines) is 1. The molecule has 1 saturated heterocycles. The normalized spacial score (nSPS) is 17.3. The van der Waals surface area contributed by atoms with Gasteiger partial charge in [-0.05, 0) is 42.8 Å². The molecule has 2 aromatic carbocycles. The van der Waals surface area contributed by atoms with Gasteiger partial charge < -0.3 is 5.11 Å². The monoisotopic (exact) mass is 423 g/mol. The lowest BCUT2D eigenvalue weighted by atomic mass is 10.1. The molecule has 0 bridgehead atoms. The van der Waals surface area contributed by atoms with Crippen molar-refractivity contribution in [3.05, 3.63) is 69.9 Å². The Kier molecular flexibility index (Phi) is 5.05. The maximum Gasteiger partial charge on any atom is 0.261 e. The Morgan fingerprint density at radius 3 is 2.66 bits per heavy atom. The topological polar surface area (TPSA) is 94.3 Å². The van der Waals surface area contributed by atoms with E-state index in [1.54, 1.807) is 12.1 Å². The lowest BCUT2D eigenvalue weighted by Crippen LogP contribution is -2.40. The Balaban J connectivity index is 1.73. The van der Waals surface area contributed by atoms with Crippen LogP contribution in [0.25, 0.3) is 15.8 Å². The van der Waals surface area contributed by atoms with Crippen LogP contribution in [0.4, 0.5) is 0 Å². The Bertz CT molecular complexity index is 1160. The molecule has 0 radical (unpaired) electrons. The first-order valence-corrected chi connectivity index (χ1v) is 10.00. The second kappa shape index (κ2) is 7.66. The van der Waals surface area contributed by atoms with Gasteiger partial charge >= 0.3 is 0 Å². The van der Waals surface area contributed by atoms with Crippen LogP contribution in [-0.4, -0.2) is 32.8 Å². The van der Waals surface area contributed by atoms with E-state index in [-0.39, 0.29) is 29.7 Å². The van der Waals surface area contributed by atoms with Gasteiger partial charge in [0.25, 0.3) is 5.91 Å². The standard InChI is InChI=1S/C21H14ClN3O3S/c22-13-7-5-12(6-8-13)21(28)25-16(9-10-18(25)26)19(27)14(11-23)20-24-15-3-1-2-4-17(15)29-20/h1-8,16,27H,9-10H2/b19-14-. The van der Waals surface area contributed by atoms with E-state index in [0.29, 0.717) is 15.5 Å². The van der Waals surface area contributed by atoms with Gasteiger partial charge in [-0.25, -0.2) is 4.98 Å². The van der Waals surface area contributed by atoms with Crippen molar-refractivity contribution in [2.24, 2.45) is 0 Å². The summed E-state index contributed by atoms with van der Waals surface area (Å²) in [6.45, 7) is 0. The molecule has 1 fully saturated rings. The predicted octanol–water partition coefficient (Wildman–Crippen LogP) is 4.57. The predicted molar refractivity (Wildman–Crippen MR) is 110 cm³/mol. The molecule has 1 aliphatic heterocycles. The summed E-state index contributed by atoms with van der Waals surface area (Å²) < 4.78 is 0.875. The average Bonchev–Trinajstić information content (AvgIpc) is 3.32. The van der Waals surface area contributed by atoms with Crippen LogP contribution < -0.4 is 0 Å². The fraction of sp³-hybridized carbons (Fsp3) is 0.143. The number of hydrogen-bond acceptors (Lipinski definition) is 6. The van der Waals surface area contributed by atoms with E-state index >= 15 is 0 Å². The maximum absolute atomic E-state index is 12.9. The lowest BCUT2D eigenvalue weighted by molar-refractivity contribution is -0.126. The third-order valence-electron chi connectivity index (χ3n) is 4.71. The minimum atomic E-state index is -0.910. The summed E-state index contributed by atoms with van der Waals surface area (Å²) in [6, 6.07) is 14.6. The molecule has 3 aromatic rings. The molecule has 0 aliphatic carbocycles. The molecule has 29 heavy (non-hydrogen) atoms. The highest BCUT2D eigenvalue weighted by Gasteiger charge is 2.40. The van der Waals surface area contributed by atoms with E-state index in [9.17, 15) is 20.0 Å². The number of nitrogens with zero attached hydrogens (tertiary/aromatic N) is 3. The number of carbonyl (C=O) groups excluding carboxylic acids is 2. The van der Waals surface area contributed by atoms with Gasteiger partial charge in [0.15, 0.2) is 0 Å². The molecular weight excluding hydrogens is 410 g/mol. The van der Waals surface area contributed by atoms with Crippen LogP contribution in [0, 0.1) is 11.3 Å². The molecule has 6 nitrogen and oxygen atoms in total. The van der Waals surface area contributed by atoms with Gasteiger partial charge in [-0.1, -0.05) is 23.7 Å². The van der Waals surface area contributed by atoms with E-state index in [4.69, 9.17) is 11.6 Å². The van der Waals surface area contributed by atoms with Crippen LogP contribution in [0.1, 0.15) is 28.2 Å². The molecule has 1 atom stereocenters. The minimum absolute atomic E-state index is 0.0280. The molecular formula is C21H14ClN3O3S. The molecule has 0 spiro atoms. The third kappa shape index (κ3) is 3.48. The molecule has 1 aliphatic rings. The summed E-state index contributed by atoms with van der Waals surface area (Å²) in [5.74, 6) is -1.26. The van der Waals surface area contributed by atoms with Gasteiger partial charge in [0, 0.05) is 17.0 Å². The van der Waals surface area contributed by atoms with Crippen molar-refractivity contribution < 1.29 is 14.7 Å². The largest absolute Gasteiger partial charge is 0.509 e. The summed E-state index contributed by atoms with van der Waals surface area (Å²) in [5.41, 5.74) is 0.963. The molecule has 0 saturated carbocycles. The first kappa shape index (κ1) is 19.1. The average molecular weight is 424 g/mol. The van der Waals surface area contributed by atoms with Crippen LogP contribution >= 0.6 is 22.9 Å². The minimum Gasteiger partial charge on any atom is -0.509 e. The van der Waals surface area contributed by atoms with Crippen molar-refractivity contribution in [3.8, 4) is 6.07 Å². The maximum atomic E-state index is 12.9. The highest BCUT2D eigenvalue weighted by Crippen LogP contribution is 2.33.